The van der Waals surface area contributed by atoms with Crippen LogP contribution >= 0.6 is 23.2 Å². The highest BCUT2D eigenvalue weighted by Crippen LogP contribution is 2.29. The molecule has 3 amide bonds. The number of halogens is 2. The number of nitrogens with one attached hydrogen (secondary N) is 2. The number of hydrogen-bond donors (Lipinski definition) is 2. The largest absolute Gasteiger partial charge is 0.493 e. The molecule has 7 nitrogen and oxygen atoms in total. The van der Waals surface area contributed by atoms with Crippen LogP contribution in [0.5, 0.6) is 5.75 Å². The molecule has 0 saturated heterocycles. The van der Waals surface area contributed by atoms with E-state index in [1.165, 1.54) is 4.90 Å². The topological polar surface area (TPSA) is 87.7 Å². The zero-order chi connectivity index (χ0) is 22.1. The smallest absolute Gasteiger partial charge is 0.255 e. The summed E-state index contributed by atoms with van der Waals surface area (Å²) in [4.78, 5) is 38.6. The number of nitrogens with zero attached hydrogens (tertiary/aromatic N) is 1. The average molecular weight is 452 g/mol. The lowest BCUT2D eigenvalue weighted by Gasteiger charge is -2.21. The fourth-order valence-corrected chi connectivity index (χ4v) is 3.14. The Morgan fingerprint density at radius 2 is 1.67 bits per heavy atom. The number of para-hydroxylation sites is 2. The zero-order valence-electron chi connectivity index (χ0n) is 16.7. The zero-order valence-corrected chi connectivity index (χ0v) is 18.2. The first-order chi connectivity index (χ1) is 14.4. The van der Waals surface area contributed by atoms with Crippen molar-refractivity contribution in [2.75, 3.05) is 31.6 Å². The minimum atomic E-state index is -0.451. The van der Waals surface area contributed by atoms with Gasteiger partial charge in [0, 0.05) is 6.54 Å². The molecule has 2 aromatic rings. The van der Waals surface area contributed by atoms with Gasteiger partial charge in [-0.2, -0.15) is 0 Å². The van der Waals surface area contributed by atoms with Gasteiger partial charge in [0.15, 0.2) is 0 Å². The summed E-state index contributed by atoms with van der Waals surface area (Å²) in [5.41, 5.74) is 0.622. The molecule has 2 aromatic carbocycles. The van der Waals surface area contributed by atoms with Crippen LogP contribution < -0.4 is 15.4 Å². The second kappa shape index (κ2) is 11.4. The van der Waals surface area contributed by atoms with Crippen molar-refractivity contribution in [1.29, 1.82) is 0 Å². The van der Waals surface area contributed by atoms with Crippen LogP contribution in [0, 0.1) is 0 Å². The Hall–Kier alpha value is -2.77. The van der Waals surface area contributed by atoms with Gasteiger partial charge in [0.2, 0.25) is 11.8 Å². The van der Waals surface area contributed by atoms with E-state index >= 15 is 0 Å². The SMILES string of the molecule is CCOc1ccccc1C(=O)NCC(=O)N(CC)CC(=O)Nc1c(Cl)cccc1Cl. The number of likely N-dealkylation sites (N-methyl/N-ethyl adjacent to an activating group) is 1. The van der Waals surface area contributed by atoms with E-state index < -0.39 is 17.7 Å². The minimum Gasteiger partial charge on any atom is -0.493 e. The highest BCUT2D eigenvalue weighted by molar-refractivity contribution is 6.39. The van der Waals surface area contributed by atoms with Crippen LogP contribution in [0.1, 0.15) is 24.2 Å². The van der Waals surface area contributed by atoms with Gasteiger partial charge >= 0.3 is 0 Å². The molecule has 0 spiro atoms. The number of carbonyl (C=O) groups is 3. The third kappa shape index (κ3) is 6.37. The fourth-order valence-electron chi connectivity index (χ4n) is 2.64. The first kappa shape index (κ1) is 23.5. The van der Waals surface area contributed by atoms with Crippen molar-refractivity contribution < 1.29 is 19.1 Å². The number of carbonyl (C=O) groups excluding carboxylic acids is 3. The van der Waals surface area contributed by atoms with Crippen LogP contribution in [0.4, 0.5) is 5.69 Å². The van der Waals surface area contributed by atoms with Gasteiger partial charge in [-0.3, -0.25) is 14.4 Å². The molecule has 0 bridgehead atoms. The number of amides is 3. The van der Waals surface area contributed by atoms with Crippen LogP contribution in [0.25, 0.3) is 0 Å². The lowest BCUT2D eigenvalue weighted by Crippen LogP contribution is -2.43. The molecule has 160 valence electrons. The minimum absolute atomic E-state index is 0.206. The number of hydrogen-bond acceptors (Lipinski definition) is 4. The molecular formula is C21H23Cl2N3O4. The molecule has 0 aliphatic rings. The predicted octanol–water partition coefficient (Wildman–Crippen LogP) is 3.61. The predicted molar refractivity (Wildman–Crippen MR) is 117 cm³/mol. The average Bonchev–Trinajstić information content (AvgIpc) is 2.73. The van der Waals surface area contributed by atoms with Gasteiger partial charge in [-0.1, -0.05) is 41.4 Å². The molecule has 0 aromatic heterocycles. The van der Waals surface area contributed by atoms with Crippen LogP contribution in [0.3, 0.4) is 0 Å². The fraction of sp³-hybridized carbons (Fsp3) is 0.286. The molecule has 30 heavy (non-hydrogen) atoms. The van der Waals surface area contributed by atoms with E-state index in [-0.39, 0.29) is 25.3 Å². The Balaban J connectivity index is 1.95. The summed E-state index contributed by atoms with van der Waals surface area (Å²) in [6.07, 6.45) is 0. The maximum absolute atomic E-state index is 12.5. The lowest BCUT2D eigenvalue weighted by molar-refractivity contribution is -0.133. The maximum Gasteiger partial charge on any atom is 0.255 e. The quantitative estimate of drug-likeness (QED) is 0.609. The Morgan fingerprint density at radius 1 is 1.00 bits per heavy atom. The highest BCUT2D eigenvalue weighted by Gasteiger charge is 2.19. The van der Waals surface area contributed by atoms with Crippen LogP contribution in [0.15, 0.2) is 42.5 Å². The molecular weight excluding hydrogens is 429 g/mol. The first-order valence-electron chi connectivity index (χ1n) is 9.39. The van der Waals surface area contributed by atoms with Crippen molar-refractivity contribution in [2.24, 2.45) is 0 Å². The third-order valence-electron chi connectivity index (χ3n) is 4.13. The van der Waals surface area contributed by atoms with E-state index in [1.54, 1.807) is 49.4 Å². The van der Waals surface area contributed by atoms with E-state index in [2.05, 4.69) is 10.6 Å². The lowest BCUT2D eigenvalue weighted by atomic mass is 10.2. The normalized spacial score (nSPS) is 10.3. The van der Waals surface area contributed by atoms with E-state index in [4.69, 9.17) is 27.9 Å². The summed E-state index contributed by atoms with van der Waals surface area (Å²) >= 11 is 12.1. The van der Waals surface area contributed by atoms with Crippen LogP contribution in [-0.2, 0) is 9.59 Å². The second-order valence-corrected chi connectivity index (χ2v) is 6.98. The van der Waals surface area contributed by atoms with Gasteiger partial charge < -0.3 is 20.3 Å². The van der Waals surface area contributed by atoms with Crippen LogP contribution in [0.2, 0.25) is 10.0 Å². The molecule has 2 N–H and O–H groups in total. The van der Waals surface area contributed by atoms with Gasteiger partial charge in [-0.15, -0.1) is 0 Å². The van der Waals surface area contributed by atoms with E-state index in [0.717, 1.165) is 0 Å². The summed E-state index contributed by atoms with van der Waals surface area (Å²) in [7, 11) is 0. The van der Waals surface area contributed by atoms with Gasteiger partial charge in [0.05, 0.1) is 41.0 Å². The number of rotatable bonds is 9. The van der Waals surface area contributed by atoms with E-state index in [9.17, 15) is 14.4 Å². The van der Waals surface area contributed by atoms with Gasteiger partial charge in [-0.05, 0) is 38.1 Å². The van der Waals surface area contributed by atoms with Gasteiger partial charge in [-0.25, -0.2) is 0 Å². The number of anilines is 1. The van der Waals surface area contributed by atoms with Gasteiger partial charge in [0.1, 0.15) is 5.75 Å². The summed E-state index contributed by atoms with van der Waals surface area (Å²) in [5.74, 6) is -0.850. The Morgan fingerprint density at radius 3 is 2.30 bits per heavy atom. The molecule has 0 atom stereocenters. The molecule has 0 aliphatic carbocycles. The van der Waals surface area contributed by atoms with Crippen molar-refractivity contribution in [3.63, 3.8) is 0 Å². The maximum atomic E-state index is 12.5. The Labute approximate surface area is 185 Å². The monoisotopic (exact) mass is 451 g/mol. The highest BCUT2D eigenvalue weighted by atomic mass is 35.5. The molecule has 2 rings (SSSR count). The standard InChI is InChI=1S/C21H23Cl2N3O4/c1-3-26(13-18(27)25-20-15(22)9-7-10-16(20)23)19(28)12-24-21(29)14-8-5-6-11-17(14)30-4-2/h5-11H,3-4,12-13H2,1-2H3,(H,24,29)(H,25,27). The number of benzene rings is 2. The Bertz CT molecular complexity index is 901. The van der Waals surface area contributed by atoms with E-state index in [0.29, 0.717) is 28.0 Å². The van der Waals surface area contributed by atoms with Gasteiger partial charge in [0.25, 0.3) is 5.91 Å². The summed E-state index contributed by atoms with van der Waals surface area (Å²) < 4.78 is 5.43. The summed E-state index contributed by atoms with van der Waals surface area (Å²) in [5, 5.41) is 5.77. The second-order valence-electron chi connectivity index (χ2n) is 6.16. The third-order valence-corrected chi connectivity index (χ3v) is 4.76. The van der Waals surface area contributed by atoms with Crippen molar-refractivity contribution >= 4 is 46.6 Å². The molecule has 9 heteroatoms. The van der Waals surface area contributed by atoms with E-state index in [1.807, 2.05) is 6.92 Å². The first-order valence-corrected chi connectivity index (χ1v) is 10.1. The van der Waals surface area contributed by atoms with Crippen molar-refractivity contribution in [1.82, 2.24) is 10.2 Å². The molecule has 0 radical (unpaired) electrons. The molecule has 0 fully saturated rings. The molecule has 0 saturated carbocycles. The molecule has 0 unspecified atom stereocenters. The van der Waals surface area contributed by atoms with Crippen molar-refractivity contribution in [3.05, 3.63) is 58.1 Å². The number of ether oxygens (including phenoxy) is 1. The van der Waals surface area contributed by atoms with Crippen molar-refractivity contribution in [3.8, 4) is 5.75 Å². The summed E-state index contributed by atoms with van der Waals surface area (Å²) in [6.45, 7) is 3.79. The van der Waals surface area contributed by atoms with Crippen molar-refractivity contribution in [2.45, 2.75) is 13.8 Å². The van der Waals surface area contributed by atoms with Crippen LogP contribution in [-0.4, -0.2) is 48.9 Å². The molecule has 0 aliphatic heterocycles. The Kier molecular flexibility index (Phi) is 8.95. The summed E-state index contributed by atoms with van der Waals surface area (Å²) in [6, 6.07) is 11.6. The molecule has 0 heterocycles.